The lowest BCUT2D eigenvalue weighted by atomic mass is 9.96. The zero-order chi connectivity index (χ0) is 25.1. The largest absolute Gasteiger partial charge is 0.396 e. The minimum Gasteiger partial charge on any atom is -0.396 e. The molecule has 4 fully saturated rings. The monoisotopic (exact) mass is 497 g/mol. The SMILES string of the molecule is CCO[C@H]1C[C@@H]1C(=O)N1CCN(c2nc(C3CC3)c(-c3cccc4cnccc34)cc2N)C[C@H]1C1CC1. The lowest BCUT2D eigenvalue weighted by Crippen LogP contribution is -2.57. The van der Waals surface area contributed by atoms with Gasteiger partial charge in [-0.25, -0.2) is 4.98 Å². The van der Waals surface area contributed by atoms with E-state index in [1.54, 1.807) is 0 Å². The highest BCUT2D eigenvalue weighted by atomic mass is 16.5. The molecular weight excluding hydrogens is 462 g/mol. The van der Waals surface area contributed by atoms with Crippen LogP contribution in [0.5, 0.6) is 0 Å². The highest BCUT2D eigenvalue weighted by molar-refractivity contribution is 5.97. The van der Waals surface area contributed by atoms with Crippen LogP contribution in [0.1, 0.15) is 50.6 Å². The number of ether oxygens (including phenoxy) is 1. The molecule has 3 saturated carbocycles. The van der Waals surface area contributed by atoms with Gasteiger partial charge in [-0.3, -0.25) is 9.78 Å². The fourth-order valence-electron chi connectivity index (χ4n) is 6.23. The van der Waals surface area contributed by atoms with E-state index >= 15 is 0 Å². The van der Waals surface area contributed by atoms with E-state index in [9.17, 15) is 4.79 Å². The van der Waals surface area contributed by atoms with Gasteiger partial charge in [-0.05, 0) is 68.0 Å². The number of nitrogens with two attached hydrogens (primary N) is 1. The zero-order valence-corrected chi connectivity index (χ0v) is 21.5. The third-order valence-corrected chi connectivity index (χ3v) is 8.59. The molecule has 37 heavy (non-hydrogen) atoms. The molecule has 7 nitrogen and oxygen atoms in total. The van der Waals surface area contributed by atoms with Crippen LogP contribution in [0.25, 0.3) is 21.9 Å². The first-order valence-electron chi connectivity index (χ1n) is 13.9. The van der Waals surface area contributed by atoms with Crippen LogP contribution in [0.15, 0.2) is 42.7 Å². The van der Waals surface area contributed by atoms with Crippen LogP contribution in [0.3, 0.4) is 0 Å². The number of amides is 1. The Kier molecular flexibility index (Phi) is 5.57. The molecule has 4 aliphatic rings. The maximum absolute atomic E-state index is 13.3. The Balaban J connectivity index is 1.19. The number of carbonyl (C=O) groups is 1. The summed E-state index contributed by atoms with van der Waals surface area (Å²) in [5.74, 6) is 2.30. The maximum atomic E-state index is 13.3. The van der Waals surface area contributed by atoms with Crippen molar-refractivity contribution in [1.29, 1.82) is 0 Å². The molecule has 3 atom stereocenters. The predicted molar refractivity (Wildman–Crippen MR) is 145 cm³/mol. The molecule has 7 heteroatoms. The lowest BCUT2D eigenvalue weighted by molar-refractivity contribution is -0.136. The number of nitrogens with zero attached hydrogens (tertiary/aromatic N) is 4. The quantitative estimate of drug-likeness (QED) is 0.513. The van der Waals surface area contributed by atoms with Gasteiger partial charge in [0.1, 0.15) is 0 Å². The molecule has 0 bridgehead atoms. The number of anilines is 2. The van der Waals surface area contributed by atoms with Crippen LogP contribution in [0.2, 0.25) is 0 Å². The Labute approximate surface area is 218 Å². The summed E-state index contributed by atoms with van der Waals surface area (Å²) in [4.78, 5) is 27.4. The first kappa shape index (κ1) is 23.0. The van der Waals surface area contributed by atoms with Crippen molar-refractivity contribution in [1.82, 2.24) is 14.9 Å². The number of fused-ring (bicyclic) bond motifs is 1. The van der Waals surface area contributed by atoms with Gasteiger partial charge in [0.05, 0.1) is 29.4 Å². The fraction of sp³-hybridized carbons (Fsp3) is 0.500. The first-order valence-corrected chi connectivity index (χ1v) is 13.9. The van der Waals surface area contributed by atoms with Crippen LogP contribution in [0.4, 0.5) is 11.5 Å². The van der Waals surface area contributed by atoms with Gasteiger partial charge in [-0.2, -0.15) is 0 Å². The molecule has 2 aromatic heterocycles. The van der Waals surface area contributed by atoms with Gasteiger partial charge in [-0.1, -0.05) is 18.2 Å². The van der Waals surface area contributed by atoms with Crippen LogP contribution >= 0.6 is 0 Å². The van der Waals surface area contributed by atoms with Gasteiger partial charge in [-0.15, -0.1) is 0 Å². The number of benzene rings is 1. The molecule has 1 aliphatic heterocycles. The summed E-state index contributed by atoms with van der Waals surface area (Å²) in [6.07, 6.45) is 9.50. The van der Waals surface area contributed by atoms with E-state index in [0.717, 1.165) is 54.2 Å². The van der Waals surface area contributed by atoms with Crippen LogP contribution < -0.4 is 10.6 Å². The van der Waals surface area contributed by atoms with Gasteiger partial charge < -0.3 is 20.3 Å². The third kappa shape index (κ3) is 4.23. The molecule has 2 N–H and O–H groups in total. The molecule has 7 rings (SSSR count). The lowest BCUT2D eigenvalue weighted by Gasteiger charge is -2.43. The van der Waals surface area contributed by atoms with E-state index in [-0.39, 0.29) is 24.0 Å². The number of hydrogen-bond donors (Lipinski definition) is 1. The van der Waals surface area contributed by atoms with Crippen LogP contribution in [0, 0.1) is 11.8 Å². The van der Waals surface area contributed by atoms with E-state index in [4.69, 9.17) is 15.5 Å². The van der Waals surface area contributed by atoms with Crippen molar-refractivity contribution in [3.05, 3.63) is 48.4 Å². The van der Waals surface area contributed by atoms with E-state index in [1.807, 2.05) is 19.3 Å². The van der Waals surface area contributed by atoms with Gasteiger partial charge in [0, 0.05) is 55.5 Å². The van der Waals surface area contributed by atoms with Gasteiger partial charge in [0.25, 0.3) is 0 Å². The van der Waals surface area contributed by atoms with E-state index in [1.165, 1.54) is 36.6 Å². The van der Waals surface area contributed by atoms with Gasteiger partial charge >= 0.3 is 0 Å². The average molecular weight is 498 g/mol. The Bertz CT molecular complexity index is 1350. The summed E-state index contributed by atoms with van der Waals surface area (Å²) in [5, 5.41) is 2.31. The number of carbonyl (C=O) groups excluding carboxylic acids is 1. The van der Waals surface area contributed by atoms with Crippen molar-refractivity contribution >= 4 is 28.2 Å². The van der Waals surface area contributed by atoms with E-state index in [2.05, 4.69) is 45.1 Å². The molecule has 1 aromatic carbocycles. The van der Waals surface area contributed by atoms with Crippen molar-refractivity contribution in [3.8, 4) is 11.1 Å². The van der Waals surface area contributed by atoms with Gasteiger partial charge in [0.15, 0.2) is 5.82 Å². The molecular formula is C30H35N5O2. The smallest absolute Gasteiger partial charge is 0.228 e. The first-order chi connectivity index (χ1) is 18.1. The zero-order valence-electron chi connectivity index (χ0n) is 21.5. The van der Waals surface area contributed by atoms with Crippen molar-refractivity contribution < 1.29 is 9.53 Å². The van der Waals surface area contributed by atoms with E-state index < -0.39 is 0 Å². The molecule has 3 aromatic rings. The number of hydrogen-bond acceptors (Lipinski definition) is 6. The summed E-state index contributed by atoms with van der Waals surface area (Å²) in [5.41, 5.74) is 10.9. The standard InChI is InChI=1S/C30H35N5O2/c1-2-37-27-15-24(27)30(36)35-13-12-34(17-26(35)18-6-7-18)29-25(31)14-23(28(33-29)19-8-9-19)22-5-3-4-20-16-32-11-10-21(20)22/h3-5,10-11,14,16,18-19,24,26-27H,2,6-9,12-13,15,17,31H2,1H3/t24-,26-,27-/m0/s1. The normalized spacial score (nSPS) is 25.5. The summed E-state index contributed by atoms with van der Waals surface area (Å²) in [6, 6.07) is 10.8. The Morgan fingerprint density at radius 3 is 2.78 bits per heavy atom. The molecule has 0 unspecified atom stereocenters. The Morgan fingerprint density at radius 1 is 1.14 bits per heavy atom. The molecule has 3 heterocycles. The van der Waals surface area contributed by atoms with Crippen LogP contribution in [-0.2, 0) is 9.53 Å². The summed E-state index contributed by atoms with van der Waals surface area (Å²) < 4.78 is 5.72. The van der Waals surface area contributed by atoms with Gasteiger partial charge in [0.2, 0.25) is 5.91 Å². The van der Waals surface area contributed by atoms with Crippen molar-refractivity contribution in [2.24, 2.45) is 11.8 Å². The fourth-order valence-corrected chi connectivity index (χ4v) is 6.23. The predicted octanol–water partition coefficient (Wildman–Crippen LogP) is 4.61. The number of pyridine rings is 2. The average Bonchev–Trinajstić information content (AvgIpc) is 3.77. The minimum atomic E-state index is 0.0487. The highest BCUT2D eigenvalue weighted by Gasteiger charge is 2.50. The summed E-state index contributed by atoms with van der Waals surface area (Å²) in [6.45, 7) is 4.98. The maximum Gasteiger partial charge on any atom is 0.228 e. The number of rotatable bonds is 7. The number of aromatic nitrogens is 2. The molecule has 0 radical (unpaired) electrons. The Morgan fingerprint density at radius 2 is 2.00 bits per heavy atom. The highest BCUT2D eigenvalue weighted by Crippen LogP contribution is 2.47. The molecule has 3 aliphatic carbocycles. The summed E-state index contributed by atoms with van der Waals surface area (Å²) >= 11 is 0. The topological polar surface area (TPSA) is 84.6 Å². The van der Waals surface area contributed by atoms with Crippen molar-refractivity contribution in [2.75, 3.05) is 36.9 Å². The second-order valence-electron chi connectivity index (χ2n) is 11.2. The van der Waals surface area contributed by atoms with Crippen molar-refractivity contribution in [2.45, 2.75) is 57.1 Å². The van der Waals surface area contributed by atoms with Crippen LogP contribution in [-0.4, -0.2) is 59.2 Å². The molecule has 1 amide bonds. The van der Waals surface area contributed by atoms with E-state index in [0.29, 0.717) is 18.4 Å². The minimum absolute atomic E-state index is 0.0487. The number of nitrogen functional groups attached to an aromatic ring is 1. The summed E-state index contributed by atoms with van der Waals surface area (Å²) in [7, 11) is 0. The van der Waals surface area contributed by atoms with Crippen molar-refractivity contribution in [3.63, 3.8) is 0 Å². The molecule has 192 valence electrons. The number of piperazine rings is 1. The third-order valence-electron chi connectivity index (χ3n) is 8.59. The molecule has 1 saturated heterocycles. The second kappa shape index (κ2) is 8.98. The molecule has 0 spiro atoms. The second-order valence-corrected chi connectivity index (χ2v) is 11.2. The Hall–Kier alpha value is -3.19.